The van der Waals surface area contributed by atoms with Crippen LogP contribution in [0.5, 0.6) is 0 Å². The molecule has 2 fully saturated rings. The number of benzene rings is 1. The van der Waals surface area contributed by atoms with Gasteiger partial charge in [-0.05, 0) is 37.9 Å². The summed E-state index contributed by atoms with van der Waals surface area (Å²) in [6.45, 7) is 6.93. The summed E-state index contributed by atoms with van der Waals surface area (Å²) in [5, 5.41) is 7.55. The number of nitrogens with two attached hydrogens (primary N) is 1. The number of rotatable bonds is 3. The Hall–Kier alpha value is -1.39. The Kier molecular flexibility index (Phi) is 3.76. The number of piperazine rings is 1. The van der Waals surface area contributed by atoms with Gasteiger partial charge in [-0.2, -0.15) is 0 Å². The van der Waals surface area contributed by atoms with Gasteiger partial charge in [0.15, 0.2) is 0 Å². The molecule has 0 bridgehead atoms. The summed E-state index contributed by atoms with van der Waals surface area (Å²) >= 11 is 0. The van der Waals surface area contributed by atoms with Gasteiger partial charge in [0, 0.05) is 37.3 Å². The molecule has 1 aromatic rings. The Morgan fingerprint density at radius 2 is 2.25 bits per heavy atom. The molecule has 2 heterocycles. The van der Waals surface area contributed by atoms with Crippen molar-refractivity contribution in [3.05, 3.63) is 35.4 Å². The van der Waals surface area contributed by atoms with Crippen LogP contribution in [0, 0.1) is 5.41 Å². The summed E-state index contributed by atoms with van der Waals surface area (Å²) in [5.74, 6) is 0.153. The molecule has 4 nitrogen and oxygen atoms in total. The molecule has 2 aliphatic rings. The second-order valence-electron chi connectivity index (χ2n) is 6.18. The molecule has 2 atom stereocenters. The van der Waals surface area contributed by atoms with Crippen LogP contribution in [0.1, 0.15) is 30.9 Å². The largest absolute Gasteiger partial charge is 0.384 e. The van der Waals surface area contributed by atoms with Crippen molar-refractivity contribution >= 4 is 5.84 Å². The first-order valence-corrected chi connectivity index (χ1v) is 7.55. The van der Waals surface area contributed by atoms with Crippen LogP contribution in [-0.2, 0) is 6.54 Å². The molecule has 4 heteroatoms. The SMILES string of the molecule is CC1CN2CCCC2CN1Cc1cccc(C(=N)N)c1. The summed E-state index contributed by atoms with van der Waals surface area (Å²) in [6, 6.07) is 9.45. The van der Waals surface area contributed by atoms with Crippen molar-refractivity contribution in [1.29, 1.82) is 5.41 Å². The van der Waals surface area contributed by atoms with Crippen molar-refractivity contribution in [2.45, 2.75) is 38.4 Å². The third-order valence-electron chi connectivity index (χ3n) is 4.69. The average molecular weight is 272 g/mol. The van der Waals surface area contributed by atoms with Gasteiger partial charge in [-0.1, -0.05) is 18.2 Å². The van der Waals surface area contributed by atoms with Gasteiger partial charge >= 0.3 is 0 Å². The Morgan fingerprint density at radius 3 is 3.05 bits per heavy atom. The highest BCUT2D eigenvalue weighted by molar-refractivity contribution is 5.95. The molecule has 0 radical (unpaired) electrons. The molecular formula is C16H24N4. The van der Waals surface area contributed by atoms with Gasteiger partial charge in [0.1, 0.15) is 5.84 Å². The van der Waals surface area contributed by atoms with E-state index in [1.54, 1.807) is 0 Å². The zero-order valence-corrected chi connectivity index (χ0v) is 12.2. The van der Waals surface area contributed by atoms with Gasteiger partial charge in [0.2, 0.25) is 0 Å². The van der Waals surface area contributed by atoms with Gasteiger partial charge in [0.05, 0.1) is 0 Å². The quantitative estimate of drug-likeness (QED) is 0.649. The predicted octanol–water partition coefficient (Wildman–Crippen LogP) is 1.64. The van der Waals surface area contributed by atoms with Crippen molar-refractivity contribution in [3.63, 3.8) is 0 Å². The fourth-order valence-electron chi connectivity index (χ4n) is 3.54. The first-order valence-electron chi connectivity index (χ1n) is 7.55. The minimum atomic E-state index is 0.153. The maximum Gasteiger partial charge on any atom is 0.122 e. The summed E-state index contributed by atoms with van der Waals surface area (Å²) in [6.07, 6.45) is 2.70. The summed E-state index contributed by atoms with van der Waals surface area (Å²) in [5.41, 5.74) is 7.66. The fraction of sp³-hybridized carbons (Fsp3) is 0.562. The summed E-state index contributed by atoms with van der Waals surface area (Å²) in [7, 11) is 0. The van der Waals surface area contributed by atoms with Crippen LogP contribution < -0.4 is 5.73 Å². The highest BCUT2D eigenvalue weighted by Gasteiger charge is 2.34. The van der Waals surface area contributed by atoms with Gasteiger partial charge < -0.3 is 5.73 Å². The third kappa shape index (κ3) is 2.72. The number of hydrogen-bond donors (Lipinski definition) is 2. The highest BCUT2D eigenvalue weighted by Crippen LogP contribution is 2.25. The van der Waals surface area contributed by atoms with E-state index in [0.717, 1.165) is 18.2 Å². The van der Waals surface area contributed by atoms with E-state index >= 15 is 0 Å². The van der Waals surface area contributed by atoms with E-state index in [0.29, 0.717) is 6.04 Å². The van der Waals surface area contributed by atoms with E-state index in [4.69, 9.17) is 11.1 Å². The fourth-order valence-corrected chi connectivity index (χ4v) is 3.54. The van der Waals surface area contributed by atoms with Crippen molar-refractivity contribution in [3.8, 4) is 0 Å². The van der Waals surface area contributed by atoms with Crippen LogP contribution in [0.25, 0.3) is 0 Å². The van der Waals surface area contributed by atoms with Gasteiger partial charge in [-0.3, -0.25) is 15.2 Å². The molecule has 2 saturated heterocycles. The first-order chi connectivity index (χ1) is 9.63. The molecule has 1 aromatic carbocycles. The topological polar surface area (TPSA) is 56.4 Å². The second-order valence-corrected chi connectivity index (χ2v) is 6.18. The molecule has 2 unspecified atom stereocenters. The van der Waals surface area contributed by atoms with E-state index in [1.165, 1.54) is 38.0 Å². The van der Waals surface area contributed by atoms with E-state index in [9.17, 15) is 0 Å². The number of amidine groups is 1. The molecule has 108 valence electrons. The lowest BCUT2D eigenvalue weighted by Gasteiger charge is -2.42. The van der Waals surface area contributed by atoms with Gasteiger partial charge in [0.25, 0.3) is 0 Å². The molecule has 0 aliphatic carbocycles. The molecule has 2 aliphatic heterocycles. The molecule has 0 saturated carbocycles. The minimum absolute atomic E-state index is 0.153. The molecular weight excluding hydrogens is 248 g/mol. The van der Waals surface area contributed by atoms with Crippen molar-refractivity contribution in [2.75, 3.05) is 19.6 Å². The lowest BCUT2D eigenvalue weighted by molar-refractivity contribution is 0.0540. The number of fused-ring (bicyclic) bond motifs is 1. The van der Waals surface area contributed by atoms with E-state index in [-0.39, 0.29) is 5.84 Å². The van der Waals surface area contributed by atoms with Crippen LogP contribution in [0.3, 0.4) is 0 Å². The number of nitrogen functional groups attached to an aromatic ring is 1. The maximum atomic E-state index is 7.55. The second kappa shape index (κ2) is 5.54. The van der Waals surface area contributed by atoms with Crippen LogP contribution in [-0.4, -0.2) is 47.4 Å². The van der Waals surface area contributed by atoms with Crippen LogP contribution in [0.4, 0.5) is 0 Å². The van der Waals surface area contributed by atoms with Crippen LogP contribution in [0.15, 0.2) is 24.3 Å². The van der Waals surface area contributed by atoms with Gasteiger partial charge in [-0.25, -0.2) is 0 Å². The Morgan fingerprint density at radius 1 is 1.40 bits per heavy atom. The van der Waals surface area contributed by atoms with E-state index in [1.807, 2.05) is 12.1 Å². The Bertz CT molecular complexity index is 499. The smallest absolute Gasteiger partial charge is 0.122 e. The lowest BCUT2D eigenvalue weighted by atomic mass is 10.1. The number of hydrogen-bond acceptors (Lipinski definition) is 3. The third-order valence-corrected chi connectivity index (χ3v) is 4.69. The summed E-state index contributed by atoms with van der Waals surface area (Å²) in [4.78, 5) is 5.22. The molecule has 0 amide bonds. The zero-order valence-electron chi connectivity index (χ0n) is 12.2. The minimum Gasteiger partial charge on any atom is -0.384 e. The highest BCUT2D eigenvalue weighted by atomic mass is 15.3. The Labute approximate surface area is 121 Å². The molecule has 0 spiro atoms. The molecule has 3 rings (SSSR count). The average Bonchev–Trinajstić information content (AvgIpc) is 2.86. The van der Waals surface area contributed by atoms with E-state index in [2.05, 4.69) is 28.9 Å². The number of nitrogens with zero attached hydrogens (tertiary/aromatic N) is 2. The summed E-state index contributed by atoms with van der Waals surface area (Å²) < 4.78 is 0. The predicted molar refractivity (Wildman–Crippen MR) is 81.9 cm³/mol. The first kappa shape index (κ1) is 13.6. The molecule has 0 aromatic heterocycles. The monoisotopic (exact) mass is 272 g/mol. The molecule has 20 heavy (non-hydrogen) atoms. The van der Waals surface area contributed by atoms with E-state index < -0.39 is 0 Å². The Balaban J connectivity index is 1.70. The van der Waals surface area contributed by atoms with Crippen LogP contribution in [0.2, 0.25) is 0 Å². The lowest BCUT2D eigenvalue weighted by Crippen LogP contribution is -2.54. The van der Waals surface area contributed by atoms with Gasteiger partial charge in [-0.15, -0.1) is 0 Å². The standard InChI is InChI=1S/C16H24N4/c1-12-9-19-7-3-6-15(19)11-20(12)10-13-4-2-5-14(8-13)16(17)18/h2,4-5,8,12,15H,3,6-7,9-11H2,1H3,(H3,17,18). The van der Waals surface area contributed by atoms with Crippen molar-refractivity contribution < 1.29 is 0 Å². The van der Waals surface area contributed by atoms with Crippen molar-refractivity contribution in [1.82, 2.24) is 9.80 Å². The van der Waals surface area contributed by atoms with Crippen molar-refractivity contribution in [2.24, 2.45) is 5.73 Å². The number of nitrogens with one attached hydrogen (secondary N) is 1. The normalized spacial score (nSPS) is 27.4. The maximum absolute atomic E-state index is 7.55. The van der Waals surface area contributed by atoms with Crippen LogP contribution >= 0.6 is 0 Å². The zero-order chi connectivity index (χ0) is 14.1. The molecule has 3 N–H and O–H groups in total.